The molecule has 1 heterocycles. The Morgan fingerprint density at radius 1 is 1.41 bits per heavy atom. The Morgan fingerprint density at radius 2 is 2.00 bits per heavy atom. The maximum Gasteiger partial charge on any atom is 0.326 e. The Bertz CT molecular complexity index is 316. The third-order valence-corrected chi connectivity index (χ3v) is 4.61. The largest absolute Gasteiger partial charge is 0.480 e. The Hall–Kier alpha value is -0.710. The molecule has 1 aliphatic heterocycles. The van der Waals surface area contributed by atoms with Crippen molar-refractivity contribution in [2.24, 2.45) is 5.41 Å². The highest BCUT2D eigenvalue weighted by Gasteiger charge is 2.41. The van der Waals surface area contributed by atoms with Gasteiger partial charge in [0.25, 0.3) is 0 Å². The fraction of sp³-hybridized carbons (Fsp3) is 0.833. The fourth-order valence-corrected chi connectivity index (χ4v) is 3.11. The van der Waals surface area contributed by atoms with Crippen LogP contribution >= 0.6 is 11.8 Å². The zero-order valence-electron chi connectivity index (χ0n) is 10.9. The fourth-order valence-electron chi connectivity index (χ4n) is 1.89. The van der Waals surface area contributed by atoms with Crippen LogP contribution in [0, 0.1) is 5.41 Å². The molecule has 0 aromatic rings. The third-order valence-electron chi connectivity index (χ3n) is 3.09. The Kier molecular flexibility index (Phi) is 4.12. The first kappa shape index (κ1) is 14.4. The van der Waals surface area contributed by atoms with Gasteiger partial charge >= 0.3 is 5.97 Å². The molecule has 0 bridgehead atoms. The van der Waals surface area contributed by atoms with Crippen LogP contribution in [0.15, 0.2) is 0 Å². The van der Waals surface area contributed by atoms with Crippen molar-refractivity contribution < 1.29 is 14.7 Å². The first-order valence-electron chi connectivity index (χ1n) is 5.84. The van der Waals surface area contributed by atoms with Gasteiger partial charge in [-0.15, -0.1) is 11.8 Å². The number of hydrogen-bond donors (Lipinski definition) is 2. The summed E-state index contributed by atoms with van der Waals surface area (Å²) in [6.07, 6.45) is 1.84. The molecule has 0 radical (unpaired) electrons. The number of rotatable bonds is 3. The zero-order chi connectivity index (χ0) is 13.3. The van der Waals surface area contributed by atoms with E-state index >= 15 is 0 Å². The summed E-state index contributed by atoms with van der Waals surface area (Å²) in [4.78, 5) is 23.3. The van der Waals surface area contributed by atoms with Crippen molar-refractivity contribution in [1.29, 1.82) is 0 Å². The van der Waals surface area contributed by atoms with E-state index in [0.717, 1.165) is 18.6 Å². The van der Waals surface area contributed by atoms with Gasteiger partial charge < -0.3 is 10.4 Å². The molecule has 2 unspecified atom stereocenters. The minimum Gasteiger partial charge on any atom is -0.480 e. The normalized spacial score (nSPS) is 26.6. The summed E-state index contributed by atoms with van der Waals surface area (Å²) >= 11 is 1.61. The van der Waals surface area contributed by atoms with Crippen LogP contribution in [0.5, 0.6) is 0 Å². The van der Waals surface area contributed by atoms with Crippen molar-refractivity contribution in [3.8, 4) is 0 Å². The van der Waals surface area contributed by atoms with Crippen LogP contribution < -0.4 is 5.32 Å². The first-order chi connectivity index (χ1) is 7.67. The second kappa shape index (κ2) is 4.88. The van der Waals surface area contributed by atoms with E-state index in [4.69, 9.17) is 5.11 Å². The van der Waals surface area contributed by atoms with Crippen molar-refractivity contribution in [2.45, 2.75) is 51.3 Å². The molecular formula is C12H21NO3S. The van der Waals surface area contributed by atoms with Gasteiger partial charge in [0.15, 0.2) is 0 Å². The van der Waals surface area contributed by atoms with Gasteiger partial charge in [-0.1, -0.05) is 20.8 Å². The predicted octanol–water partition coefficient (Wildman–Crippen LogP) is 1.89. The van der Waals surface area contributed by atoms with Gasteiger partial charge in [0.1, 0.15) is 6.04 Å². The number of aliphatic carboxylic acids is 1. The van der Waals surface area contributed by atoms with E-state index in [9.17, 15) is 9.59 Å². The number of carbonyl (C=O) groups excluding carboxylic acids is 1. The van der Waals surface area contributed by atoms with Crippen LogP contribution in [0.3, 0.4) is 0 Å². The van der Waals surface area contributed by atoms with Gasteiger partial charge in [0, 0.05) is 0 Å². The molecular weight excluding hydrogens is 238 g/mol. The Labute approximate surface area is 107 Å². The highest BCUT2D eigenvalue weighted by Crippen LogP contribution is 2.38. The molecule has 98 valence electrons. The number of carbonyl (C=O) groups is 2. The molecule has 1 saturated heterocycles. The molecule has 0 spiro atoms. The lowest BCUT2D eigenvalue weighted by molar-refractivity contribution is -0.145. The number of thioether (sulfide) groups is 1. The number of amides is 1. The van der Waals surface area contributed by atoms with Crippen LogP contribution in [0.1, 0.15) is 40.5 Å². The maximum atomic E-state index is 12.1. The van der Waals surface area contributed by atoms with E-state index in [1.807, 2.05) is 27.7 Å². The average Bonchev–Trinajstić information content (AvgIpc) is 2.60. The van der Waals surface area contributed by atoms with Crippen LogP contribution in [0.2, 0.25) is 0 Å². The molecule has 17 heavy (non-hydrogen) atoms. The van der Waals surface area contributed by atoms with Crippen molar-refractivity contribution in [1.82, 2.24) is 5.32 Å². The summed E-state index contributed by atoms with van der Waals surface area (Å²) in [5.74, 6) is -0.156. The summed E-state index contributed by atoms with van der Waals surface area (Å²) in [6.45, 7) is 7.34. The molecule has 5 heteroatoms. The molecule has 0 aliphatic carbocycles. The van der Waals surface area contributed by atoms with Gasteiger partial charge in [0.2, 0.25) is 5.91 Å². The lowest BCUT2D eigenvalue weighted by atomic mass is 9.86. The minimum absolute atomic E-state index is 0.151. The summed E-state index contributed by atoms with van der Waals surface area (Å²) in [5, 5.41) is 11.8. The lowest BCUT2D eigenvalue weighted by Gasteiger charge is -2.31. The Morgan fingerprint density at radius 3 is 2.35 bits per heavy atom. The smallest absolute Gasteiger partial charge is 0.326 e. The molecule has 2 atom stereocenters. The molecule has 0 aromatic carbocycles. The topological polar surface area (TPSA) is 66.4 Å². The second-order valence-electron chi connectivity index (χ2n) is 5.79. The van der Waals surface area contributed by atoms with Crippen molar-refractivity contribution >= 4 is 23.6 Å². The predicted molar refractivity (Wildman–Crippen MR) is 69.1 cm³/mol. The van der Waals surface area contributed by atoms with E-state index < -0.39 is 22.2 Å². The van der Waals surface area contributed by atoms with E-state index in [1.54, 1.807) is 11.8 Å². The van der Waals surface area contributed by atoms with Gasteiger partial charge in [-0.3, -0.25) is 4.79 Å². The van der Waals surface area contributed by atoms with Crippen LogP contribution in [-0.2, 0) is 9.59 Å². The van der Waals surface area contributed by atoms with Gasteiger partial charge in [0.05, 0.1) is 4.75 Å². The number of carboxylic acids is 1. The van der Waals surface area contributed by atoms with Crippen LogP contribution in [0.4, 0.5) is 0 Å². The van der Waals surface area contributed by atoms with Crippen LogP contribution in [0.25, 0.3) is 0 Å². The molecule has 1 amide bonds. The standard InChI is InChI=1S/C12H21NO3S/c1-11(2,3)8(9(14)15)13-10(16)12(4)6-5-7-17-12/h8H,5-7H2,1-4H3,(H,13,16)(H,14,15). The first-order valence-corrected chi connectivity index (χ1v) is 6.83. The zero-order valence-corrected chi connectivity index (χ0v) is 11.7. The van der Waals surface area contributed by atoms with Gasteiger partial charge in [-0.05, 0) is 30.9 Å². The van der Waals surface area contributed by atoms with Crippen molar-refractivity contribution in [2.75, 3.05) is 5.75 Å². The summed E-state index contributed by atoms with van der Waals surface area (Å²) in [6, 6.07) is -0.840. The quantitative estimate of drug-likeness (QED) is 0.812. The SMILES string of the molecule is CC1(C(=O)NC(C(=O)O)C(C)(C)C)CCCS1. The van der Waals surface area contributed by atoms with E-state index in [1.165, 1.54) is 0 Å². The van der Waals surface area contributed by atoms with E-state index in [2.05, 4.69) is 5.32 Å². The van der Waals surface area contributed by atoms with Crippen LogP contribution in [-0.4, -0.2) is 33.5 Å². The molecule has 1 rings (SSSR count). The number of hydrogen-bond acceptors (Lipinski definition) is 3. The minimum atomic E-state index is -0.975. The third kappa shape index (κ3) is 3.37. The maximum absolute atomic E-state index is 12.1. The average molecular weight is 259 g/mol. The van der Waals surface area contributed by atoms with E-state index in [0.29, 0.717) is 0 Å². The number of nitrogens with one attached hydrogen (secondary N) is 1. The highest BCUT2D eigenvalue weighted by atomic mass is 32.2. The van der Waals surface area contributed by atoms with Gasteiger partial charge in [-0.25, -0.2) is 4.79 Å². The summed E-state index contributed by atoms with van der Waals surface area (Å²) in [5.41, 5.74) is -0.485. The van der Waals surface area contributed by atoms with Crippen molar-refractivity contribution in [3.05, 3.63) is 0 Å². The monoisotopic (exact) mass is 259 g/mol. The van der Waals surface area contributed by atoms with E-state index in [-0.39, 0.29) is 5.91 Å². The number of carboxylic acid groups (broad SMARTS) is 1. The molecule has 2 N–H and O–H groups in total. The summed E-state index contributed by atoms with van der Waals surface area (Å²) in [7, 11) is 0. The summed E-state index contributed by atoms with van der Waals surface area (Å²) < 4.78 is -0.459. The second-order valence-corrected chi connectivity index (χ2v) is 7.39. The molecule has 1 aliphatic rings. The molecule has 0 aromatic heterocycles. The molecule has 0 saturated carbocycles. The highest BCUT2D eigenvalue weighted by molar-refractivity contribution is 8.01. The Balaban J connectivity index is 2.75. The molecule has 1 fully saturated rings. The van der Waals surface area contributed by atoms with Gasteiger partial charge in [-0.2, -0.15) is 0 Å². The molecule has 4 nitrogen and oxygen atoms in total. The lowest BCUT2D eigenvalue weighted by Crippen LogP contribution is -2.53. The van der Waals surface area contributed by atoms with Crippen molar-refractivity contribution in [3.63, 3.8) is 0 Å².